The maximum atomic E-state index is 8.73. The molecule has 2 rings (SSSR count). The van der Waals surface area contributed by atoms with Gasteiger partial charge in [0.1, 0.15) is 11.9 Å². The van der Waals surface area contributed by atoms with Crippen LogP contribution in [0.3, 0.4) is 0 Å². The first-order chi connectivity index (χ1) is 8.40. The van der Waals surface area contributed by atoms with Gasteiger partial charge in [-0.1, -0.05) is 48.5 Å². The summed E-state index contributed by atoms with van der Waals surface area (Å²) >= 11 is 0. The minimum Gasteiger partial charge on any atom is -0.473 e. The zero-order valence-corrected chi connectivity index (χ0v) is 9.21. The normalized spacial score (nSPS) is 11.1. The van der Waals surface area contributed by atoms with Crippen LogP contribution in [0.15, 0.2) is 60.7 Å². The summed E-state index contributed by atoms with van der Waals surface area (Å²) in [5.74, 6) is 3.36. The third-order valence-corrected chi connectivity index (χ3v) is 2.30. The van der Waals surface area contributed by atoms with E-state index in [-0.39, 0.29) is 0 Å². The topological polar surface area (TPSA) is 29.5 Å². The molecule has 0 aromatic heterocycles. The van der Waals surface area contributed by atoms with Crippen LogP contribution < -0.4 is 4.74 Å². The largest absolute Gasteiger partial charge is 0.473 e. The van der Waals surface area contributed by atoms with Crippen molar-refractivity contribution in [2.75, 3.05) is 0 Å². The molecule has 0 spiro atoms. The van der Waals surface area contributed by atoms with Crippen LogP contribution in [-0.4, -0.2) is 5.11 Å². The van der Waals surface area contributed by atoms with Gasteiger partial charge in [0.05, 0.1) is 0 Å². The summed E-state index contributed by atoms with van der Waals surface area (Å²) in [5, 5.41) is 8.73. The van der Waals surface area contributed by atoms with Gasteiger partial charge in [0.25, 0.3) is 0 Å². The number of aliphatic hydroxyl groups excluding tert-OH is 1. The van der Waals surface area contributed by atoms with Crippen LogP contribution in [0.1, 0.15) is 11.7 Å². The van der Waals surface area contributed by atoms with Crippen molar-refractivity contribution < 1.29 is 9.84 Å². The Kier molecular flexibility index (Phi) is 3.67. The van der Waals surface area contributed by atoms with Crippen molar-refractivity contribution in [2.24, 2.45) is 0 Å². The number of rotatable bonds is 3. The van der Waals surface area contributed by atoms with E-state index in [1.165, 1.54) is 0 Å². The molecule has 0 saturated heterocycles. The molecule has 0 amide bonds. The lowest BCUT2D eigenvalue weighted by molar-refractivity contribution is 0.263. The molecule has 1 unspecified atom stereocenters. The molecule has 0 bridgehead atoms. The molecule has 0 saturated carbocycles. The molecular formula is C15H12O2. The minimum absolute atomic E-state index is 0.455. The van der Waals surface area contributed by atoms with Gasteiger partial charge in [-0.15, -0.1) is 0 Å². The van der Waals surface area contributed by atoms with Crippen LogP contribution in [-0.2, 0) is 0 Å². The van der Waals surface area contributed by atoms with E-state index in [4.69, 9.17) is 9.84 Å². The second kappa shape index (κ2) is 5.62. The van der Waals surface area contributed by atoms with Gasteiger partial charge in [-0.3, -0.25) is 0 Å². The Bertz CT molecular complexity index is 509. The maximum Gasteiger partial charge on any atom is 0.187 e. The SMILES string of the molecule is OC#CC(Oc1ccccc1)c1ccccc1. The van der Waals surface area contributed by atoms with Crippen LogP contribution >= 0.6 is 0 Å². The third kappa shape index (κ3) is 3.02. The average Bonchev–Trinajstić information content (AvgIpc) is 2.40. The van der Waals surface area contributed by atoms with E-state index in [2.05, 4.69) is 5.92 Å². The molecule has 0 heterocycles. The quantitative estimate of drug-likeness (QED) is 0.811. The van der Waals surface area contributed by atoms with Crippen molar-refractivity contribution >= 4 is 0 Å². The zero-order valence-electron chi connectivity index (χ0n) is 9.21. The molecule has 0 radical (unpaired) electrons. The molecule has 2 aromatic rings. The standard InChI is InChI=1S/C15H12O2/c16-12-11-15(13-7-3-1-4-8-13)17-14-9-5-2-6-10-14/h1-10,15-16H. The van der Waals surface area contributed by atoms with Gasteiger partial charge < -0.3 is 9.84 Å². The van der Waals surface area contributed by atoms with Crippen LogP contribution in [0.5, 0.6) is 5.75 Å². The lowest BCUT2D eigenvalue weighted by atomic mass is 10.1. The van der Waals surface area contributed by atoms with Crippen LogP contribution in [0, 0.1) is 12.0 Å². The van der Waals surface area contributed by atoms with Gasteiger partial charge in [0.2, 0.25) is 0 Å². The molecule has 0 aliphatic carbocycles. The van der Waals surface area contributed by atoms with E-state index in [1.54, 1.807) is 0 Å². The Balaban J connectivity index is 2.22. The van der Waals surface area contributed by atoms with Gasteiger partial charge in [0.15, 0.2) is 6.10 Å². The fraction of sp³-hybridized carbons (Fsp3) is 0.0667. The summed E-state index contributed by atoms with van der Waals surface area (Å²) in [6.45, 7) is 0. The summed E-state index contributed by atoms with van der Waals surface area (Å²) in [6.07, 6.45) is 1.46. The second-order valence-electron chi connectivity index (χ2n) is 3.48. The molecular weight excluding hydrogens is 212 g/mol. The van der Waals surface area contributed by atoms with E-state index in [0.717, 1.165) is 11.3 Å². The van der Waals surface area contributed by atoms with E-state index >= 15 is 0 Å². The Morgan fingerprint density at radius 1 is 0.882 bits per heavy atom. The minimum atomic E-state index is -0.455. The first kappa shape index (κ1) is 11.1. The van der Waals surface area contributed by atoms with Gasteiger partial charge in [-0.2, -0.15) is 0 Å². The van der Waals surface area contributed by atoms with Gasteiger partial charge in [-0.25, -0.2) is 0 Å². The summed E-state index contributed by atoms with van der Waals surface area (Å²) in [7, 11) is 0. The van der Waals surface area contributed by atoms with Gasteiger partial charge >= 0.3 is 0 Å². The predicted molar refractivity (Wildman–Crippen MR) is 66.0 cm³/mol. The Hall–Kier alpha value is -2.40. The highest BCUT2D eigenvalue weighted by Gasteiger charge is 2.09. The lowest BCUT2D eigenvalue weighted by Gasteiger charge is -2.13. The zero-order chi connectivity index (χ0) is 11.9. The van der Waals surface area contributed by atoms with Crippen molar-refractivity contribution in [1.29, 1.82) is 0 Å². The fourth-order valence-electron chi connectivity index (χ4n) is 1.50. The Morgan fingerprint density at radius 2 is 1.47 bits per heavy atom. The number of para-hydroxylation sites is 1. The number of benzene rings is 2. The highest BCUT2D eigenvalue weighted by atomic mass is 16.5. The first-order valence-corrected chi connectivity index (χ1v) is 5.31. The van der Waals surface area contributed by atoms with E-state index in [9.17, 15) is 0 Å². The summed E-state index contributed by atoms with van der Waals surface area (Å²) < 4.78 is 5.71. The Morgan fingerprint density at radius 3 is 2.06 bits per heavy atom. The smallest absolute Gasteiger partial charge is 0.187 e. The van der Waals surface area contributed by atoms with Crippen molar-refractivity contribution in [1.82, 2.24) is 0 Å². The van der Waals surface area contributed by atoms with Crippen LogP contribution in [0.25, 0.3) is 0 Å². The second-order valence-corrected chi connectivity index (χ2v) is 3.48. The third-order valence-electron chi connectivity index (χ3n) is 2.30. The van der Waals surface area contributed by atoms with Gasteiger partial charge in [0, 0.05) is 5.56 Å². The molecule has 0 aliphatic rings. The molecule has 2 heteroatoms. The maximum absolute atomic E-state index is 8.73. The fourth-order valence-corrected chi connectivity index (χ4v) is 1.50. The highest BCUT2D eigenvalue weighted by molar-refractivity contribution is 5.28. The van der Waals surface area contributed by atoms with E-state index in [0.29, 0.717) is 0 Å². The van der Waals surface area contributed by atoms with Crippen molar-refractivity contribution in [3.05, 3.63) is 66.2 Å². The van der Waals surface area contributed by atoms with Crippen molar-refractivity contribution in [3.8, 4) is 17.8 Å². The van der Waals surface area contributed by atoms with Crippen molar-refractivity contribution in [2.45, 2.75) is 6.10 Å². The first-order valence-electron chi connectivity index (χ1n) is 5.31. The summed E-state index contributed by atoms with van der Waals surface area (Å²) in [4.78, 5) is 0. The molecule has 2 nitrogen and oxygen atoms in total. The number of hydrogen-bond donors (Lipinski definition) is 1. The average molecular weight is 224 g/mol. The monoisotopic (exact) mass is 224 g/mol. The van der Waals surface area contributed by atoms with Crippen molar-refractivity contribution in [3.63, 3.8) is 0 Å². The molecule has 2 aromatic carbocycles. The van der Waals surface area contributed by atoms with Gasteiger partial charge in [-0.05, 0) is 18.1 Å². The Labute approximate surface area is 100 Å². The van der Waals surface area contributed by atoms with E-state index < -0.39 is 6.10 Å². The highest BCUT2D eigenvalue weighted by Crippen LogP contribution is 2.20. The number of ether oxygens (including phenoxy) is 1. The molecule has 17 heavy (non-hydrogen) atoms. The molecule has 1 atom stereocenters. The number of aliphatic hydroxyl groups is 1. The van der Waals surface area contributed by atoms with E-state index in [1.807, 2.05) is 66.8 Å². The molecule has 0 fully saturated rings. The molecule has 1 N–H and O–H groups in total. The summed E-state index contributed by atoms with van der Waals surface area (Å²) in [5.41, 5.74) is 0.915. The summed E-state index contributed by atoms with van der Waals surface area (Å²) in [6, 6.07) is 19.0. The molecule has 84 valence electrons. The van der Waals surface area contributed by atoms with Crippen LogP contribution in [0.2, 0.25) is 0 Å². The predicted octanol–water partition coefficient (Wildman–Crippen LogP) is 3.14. The van der Waals surface area contributed by atoms with Crippen LogP contribution in [0.4, 0.5) is 0 Å². The lowest BCUT2D eigenvalue weighted by Crippen LogP contribution is -2.05. The number of hydrogen-bond acceptors (Lipinski definition) is 2. The molecule has 0 aliphatic heterocycles.